The highest BCUT2D eigenvalue weighted by Crippen LogP contribution is 2.20. The van der Waals surface area contributed by atoms with Crippen LogP contribution in [0.5, 0.6) is 0 Å². The van der Waals surface area contributed by atoms with E-state index in [1.165, 1.54) is 18.0 Å². The van der Waals surface area contributed by atoms with Gasteiger partial charge in [0.05, 0.1) is 17.3 Å². The van der Waals surface area contributed by atoms with E-state index in [2.05, 4.69) is 10.1 Å². The SMILES string of the molecule is CC(SCc1nc(-c2ccco2)no1)C(=O)O. The Morgan fingerprint density at radius 2 is 2.47 bits per heavy atom. The monoisotopic (exact) mass is 254 g/mol. The molecule has 6 nitrogen and oxygen atoms in total. The maximum Gasteiger partial charge on any atom is 0.316 e. The molecule has 2 aromatic heterocycles. The number of nitrogens with zero attached hydrogens (tertiary/aromatic N) is 2. The van der Waals surface area contributed by atoms with Crippen molar-refractivity contribution in [1.29, 1.82) is 0 Å². The molecule has 0 aliphatic heterocycles. The van der Waals surface area contributed by atoms with Gasteiger partial charge < -0.3 is 14.0 Å². The molecule has 1 unspecified atom stereocenters. The van der Waals surface area contributed by atoms with Gasteiger partial charge in [0.25, 0.3) is 0 Å². The van der Waals surface area contributed by atoms with Crippen LogP contribution >= 0.6 is 11.8 Å². The summed E-state index contributed by atoms with van der Waals surface area (Å²) in [5.74, 6) is 0.779. The van der Waals surface area contributed by atoms with Crippen molar-refractivity contribution in [1.82, 2.24) is 10.1 Å². The molecule has 1 N–H and O–H groups in total. The molecule has 2 aromatic rings. The van der Waals surface area contributed by atoms with Crippen molar-refractivity contribution in [2.24, 2.45) is 0 Å². The largest absolute Gasteiger partial charge is 0.480 e. The number of aromatic nitrogens is 2. The van der Waals surface area contributed by atoms with E-state index in [0.29, 0.717) is 23.2 Å². The van der Waals surface area contributed by atoms with Crippen molar-refractivity contribution in [2.45, 2.75) is 17.9 Å². The van der Waals surface area contributed by atoms with Crippen LogP contribution in [0, 0.1) is 0 Å². The number of carboxylic acid groups (broad SMARTS) is 1. The maximum atomic E-state index is 10.6. The lowest BCUT2D eigenvalue weighted by Crippen LogP contribution is -2.11. The van der Waals surface area contributed by atoms with Crippen LogP contribution in [-0.4, -0.2) is 26.5 Å². The number of furan rings is 1. The highest BCUT2D eigenvalue weighted by Gasteiger charge is 2.15. The summed E-state index contributed by atoms with van der Waals surface area (Å²) in [6.07, 6.45) is 1.52. The number of hydrogen-bond acceptors (Lipinski definition) is 6. The predicted molar refractivity (Wildman–Crippen MR) is 60.4 cm³/mol. The summed E-state index contributed by atoms with van der Waals surface area (Å²) in [6, 6.07) is 3.45. The minimum atomic E-state index is -0.860. The number of carbonyl (C=O) groups is 1. The third-order valence-electron chi connectivity index (χ3n) is 2.01. The van der Waals surface area contributed by atoms with Gasteiger partial charge in [-0.2, -0.15) is 4.98 Å². The molecule has 7 heteroatoms. The van der Waals surface area contributed by atoms with Crippen molar-refractivity contribution in [3.05, 3.63) is 24.3 Å². The number of hydrogen-bond donors (Lipinski definition) is 1. The number of carboxylic acids is 1. The second kappa shape index (κ2) is 5.05. The van der Waals surface area contributed by atoms with Crippen LogP contribution in [0.4, 0.5) is 0 Å². The molecule has 2 rings (SSSR count). The molecule has 2 heterocycles. The van der Waals surface area contributed by atoms with Crippen LogP contribution in [0.25, 0.3) is 11.6 Å². The first-order chi connectivity index (χ1) is 8.16. The molecule has 17 heavy (non-hydrogen) atoms. The summed E-state index contributed by atoms with van der Waals surface area (Å²) in [5, 5.41) is 11.9. The molecule has 0 radical (unpaired) electrons. The van der Waals surface area contributed by atoms with E-state index in [4.69, 9.17) is 14.0 Å². The summed E-state index contributed by atoms with van der Waals surface area (Å²) in [5.41, 5.74) is 0. The van der Waals surface area contributed by atoms with Gasteiger partial charge in [0.15, 0.2) is 5.76 Å². The smallest absolute Gasteiger partial charge is 0.316 e. The maximum absolute atomic E-state index is 10.6. The van der Waals surface area contributed by atoms with Crippen molar-refractivity contribution >= 4 is 17.7 Å². The zero-order valence-electron chi connectivity index (χ0n) is 8.99. The third-order valence-corrected chi connectivity index (χ3v) is 3.13. The molecule has 0 fully saturated rings. The average Bonchev–Trinajstić information content (AvgIpc) is 2.95. The molecule has 0 aliphatic carbocycles. The standard InChI is InChI=1S/C10H10N2O4S/c1-6(10(13)14)17-5-8-11-9(12-16-8)7-3-2-4-15-7/h2-4,6H,5H2,1H3,(H,13,14). The van der Waals surface area contributed by atoms with Gasteiger partial charge in [0, 0.05) is 0 Å². The quantitative estimate of drug-likeness (QED) is 0.873. The second-order valence-corrected chi connectivity index (χ2v) is 4.61. The van der Waals surface area contributed by atoms with E-state index >= 15 is 0 Å². The van der Waals surface area contributed by atoms with Crippen molar-refractivity contribution in [3.8, 4) is 11.6 Å². The summed E-state index contributed by atoms with van der Waals surface area (Å²) < 4.78 is 10.1. The van der Waals surface area contributed by atoms with Gasteiger partial charge >= 0.3 is 5.97 Å². The fourth-order valence-corrected chi connectivity index (χ4v) is 1.74. The van der Waals surface area contributed by atoms with Crippen LogP contribution in [0.1, 0.15) is 12.8 Å². The zero-order chi connectivity index (χ0) is 12.3. The molecule has 0 spiro atoms. The van der Waals surface area contributed by atoms with E-state index < -0.39 is 11.2 Å². The summed E-state index contributed by atoms with van der Waals surface area (Å²) >= 11 is 1.22. The lowest BCUT2D eigenvalue weighted by Gasteiger charge is -2.01. The normalized spacial score (nSPS) is 12.5. The second-order valence-electron chi connectivity index (χ2n) is 3.28. The number of rotatable bonds is 5. The van der Waals surface area contributed by atoms with Crippen LogP contribution < -0.4 is 0 Å². The Bertz CT molecular complexity index is 494. The van der Waals surface area contributed by atoms with Crippen molar-refractivity contribution < 1.29 is 18.8 Å². The number of aliphatic carboxylic acids is 1. The Balaban J connectivity index is 1.97. The Morgan fingerprint density at radius 3 is 3.12 bits per heavy atom. The van der Waals surface area contributed by atoms with E-state index in [9.17, 15) is 4.79 Å². The molecular formula is C10H10N2O4S. The van der Waals surface area contributed by atoms with Gasteiger partial charge in [-0.05, 0) is 19.1 Å². The molecule has 90 valence electrons. The van der Waals surface area contributed by atoms with E-state index in [1.54, 1.807) is 19.1 Å². The summed E-state index contributed by atoms with van der Waals surface area (Å²) in [4.78, 5) is 14.7. The van der Waals surface area contributed by atoms with Crippen LogP contribution in [0.2, 0.25) is 0 Å². The van der Waals surface area contributed by atoms with E-state index in [1.807, 2.05) is 0 Å². The third kappa shape index (κ3) is 2.88. The zero-order valence-corrected chi connectivity index (χ0v) is 9.81. The first-order valence-corrected chi connectivity index (χ1v) is 5.92. The van der Waals surface area contributed by atoms with Gasteiger partial charge in [0.1, 0.15) is 0 Å². The lowest BCUT2D eigenvalue weighted by atomic mass is 10.4. The molecule has 0 saturated carbocycles. The molecule has 0 bridgehead atoms. The fraction of sp³-hybridized carbons (Fsp3) is 0.300. The van der Waals surface area contributed by atoms with E-state index in [0.717, 1.165) is 0 Å². The Kier molecular flexibility index (Phi) is 3.48. The molecule has 0 amide bonds. The molecule has 0 aliphatic rings. The van der Waals surface area contributed by atoms with Gasteiger partial charge in [-0.25, -0.2) is 0 Å². The Hall–Kier alpha value is -1.76. The van der Waals surface area contributed by atoms with Crippen LogP contribution in [0.15, 0.2) is 27.3 Å². The molecule has 0 saturated heterocycles. The van der Waals surface area contributed by atoms with Gasteiger partial charge in [-0.3, -0.25) is 4.79 Å². The average molecular weight is 254 g/mol. The number of thioether (sulfide) groups is 1. The van der Waals surface area contributed by atoms with E-state index in [-0.39, 0.29) is 0 Å². The van der Waals surface area contributed by atoms with Gasteiger partial charge in [-0.15, -0.1) is 11.8 Å². The summed E-state index contributed by atoms with van der Waals surface area (Å²) in [7, 11) is 0. The molecule has 0 aromatic carbocycles. The highest BCUT2D eigenvalue weighted by molar-refractivity contribution is 7.99. The minimum absolute atomic E-state index is 0.362. The van der Waals surface area contributed by atoms with Crippen LogP contribution in [0.3, 0.4) is 0 Å². The Morgan fingerprint density at radius 1 is 1.65 bits per heavy atom. The predicted octanol–water partition coefficient (Wildman–Crippen LogP) is 2.04. The van der Waals surface area contributed by atoms with Gasteiger partial charge in [0.2, 0.25) is 11.7 Å². The molecular weight excluding hydrogens is 244 g/mol. The topological polar surface area (TPSA) is 89.4 Å². The van der Waals surface area contributed by atoms with Gasteiger partial charge in [-0.1, -0.05) is 5.16 Å². The fourth-order valence-electron chi connectivity index (χ4n) is 1.09. The Labute approximate surface area is 101 Å². The minimum Gasteiger partial charge on any atom is -0.480 e. The van der Waals surface area contributed by atoms with Crippen LogP contribution in [-0.2, 0) is 10.5 Å². The van der Waals surface area contributed by atoms with Crippen molar-refractivity contribution in [3.63, 3.8) is 0 Å². The summed E-state index contributed by atoms with van der Waals surface area (Å²) in [6.45, 7) is 1.61. The lowest BCUT2D eigenvalue weighted by molar-refractivity contribution is -0.136. The first-order valence-electron chi connectivity index (χ1n) is 4.87. The highest BCUT2D eigenvalue weighted by atomic mass is 32.2. The first kappa shape index (κ1) is 11.7. The van der Waals surface area contributed by atoms with Crippen molar-refractivity contribution in [2.75, 3.05) is 0 Å². The molecule has 1 atom stereocenters.